The molecule has 1 atom stereocenters. The standard InChI is InChI=1S/C14H11Cl2NS2/c1-17-14(9-6-8(15)2-3-10(9)16)13-7-12-11(19-13)4-5-18-12/h2-7,14,17H,1H3. The summed E-state index contributed by atoms with van der Waals surface area (Å²) in [5.41, 5.74) is 1.02. The number of hydrogen-bond acceptors (Lipinski definition) is 3. The van der Waals surface area contributed by atoms with Crippen LogP contribution in [-0.2, 0) is 0 Å². The van der Waals surface area contributed by atoms with E-state index in [1.165, 1.54) is 14.3 Å². The lowest BCUT2D eigenvalue weighted by Gasteiger charge is -2.16. The minimum Gasteiger partial charge on any atom is -0.309 e. The molecule has 1 aromatic carbocycles. The summed E-state index contributed by atoms with van der Waals surface area (Å²) in [4.78, 5) is 1.26. The molecule has 1 unspecified atom stereocenters. The van der Waals surface area contributed by atoms with Gasteiger partial charge in [0.15, 0.2) is 0 Å². The second-order valence-electron chi connectivity index (χ2n) is 4.19. The monoisotopic (exact) mass is 327 g/mol. The fraction of sp³-hybridized carbons (Fsp3) is 0.143. The van der Waals surface area contributed by atoms with Crippen LogP contribution in [0.15, 0.2) is 35.7 Å². The van der Waals surface area contributed by atoms with Gasteiger partial charge in [0.25, 0.3) is 0 Å². The number of thiophene rings is 2. The van der Waals surface area contributed by atoms with E-state index in [1.807, 2.05) is 25.2 Å². The van der Waals surface area contributed by atoms with E-state index in [-0.39, 0.29) is 6.04 Å². The van der Waals surface area contributed by atoms with Crippen LogP contribution in [0.5, 0.6) is 0 Å². The quantitative estimate of drug-likeness (QED) is 0.662. The molecule has 5 heteroatoms. The zero-order valence-electron chi connectivity index (χ0n) is 10.1. The lowest BCUT2D eigenvalue weighted by molar-refractivity contribution is 0.704. The first-order valence-corrected chi connectivity index (χ1v) is 8.23. The zero-order valence-corrected chi connectivity index (χ0v) is 13.3. The molecule has 0 saturated carbocycles. The molecule has 98 valence electrons. The fourth-order valence-electron chi connectivity index (χ4n) is 2.11. The molecule has 2 aromatic heterocycles. The zero-order chi connectivity index (χ0) is 13.4. The van der Waals surface area contributed by atoms with Crippen molar-refractivity contribution >= 4 is 55.3 Å². The molecule has 0 aliphatic rings. The molecule has 0 bridgehead atoms. The van der Waals surface area contributed by atoms with Crippen LogP contribution in [0, 0.1) is 0 Å². The summed E-state index contributed by atoms with van der Waals surface area (Å²) in [6, 6.07) is 10.0. The Labute approximate surface area is 129 Å². The molecule has 3 aromatic rings. The highest BCUT2D eigenvalue weighted by Gasteiger charge is 2.18. The Morgan fingerprint density at radius 3 is 2.68 bits per heavy atom. The van der Waals surface area contributed by atoms with Crippen molar-refractivity contribution in [2.75, 3.05) is 7.05 Å². The third kappa shape index (κ3) is 2.54. The highest BCUT2D eigenvalue weighted by molar-refractivity contribution is 7.27. The summed E-state index contributed by atoms with van der Waals surface area (Å²) >= 11 is 15.9. The molecule has 0 amide bonds. The van der Waals surface area contributed by atoms with Crippen LogP contribution in [0.2, 0.25) is 10.0 Å². The third-order valence-electron chi connectivity index (χ3n) is 3.00. The summed E-state index contributed by atoms with van der Waals surface area (Å²) in [5, 5.41) is 6.89. The maximum atomic E-state index is 6.30. The Hall–Kier alpha value is -0.580. The van der Waals surface area contributed by atoms with Crippen molar-refractivity contribution in [3.63, 3.8) is 0 Å². The van der Waals surface area contributed by atoms with Crippen LogP contribution in [0.4, 0.5) is 0 Å². The first kappa shape index (κ1) is 13.4. The first-order chi connectivity index (χ1) is 9.19. The molecule has 0 spiro atoms. The molecule has 0 aliphatic heterocycles. The lowest BCUT2D eigenvalue weighted by atomic mass is 10.1. The summed E-state index contributed by atoms with van der Waals surface area (Å²) in [7, 11) is 1.94. The smallest absolute Gasteiger partial charge is 0.0684 e. The Kier molecular flexibility index (Phi) is 3.83. The van der Waals surface area contributed by atoms with Crippen LogP contribution < -0.4 is 5.32 Å². The Morgan fingerprint density at radius 2 is 1.95 bits per heavy atom. The molecular formula is C14H11Cl2NS2. The van der Waals surface area contributed by atoms with Crippen LogP contribution in [0.1, 0.15) is 16.5 Å². The van der Waals surface area contributed by atoms with Gasteiger partial charge in [0.2, 0.25) is 0 Å². The van der Waals surface area contributed by atoms with E-state index < -0.39 is 0 Å². The van der Waals surface area contributed by atoms with Crippen molar-refractivity contribution in [2.24, 2.45) is 0 Å². The molecule has 1 nitrogen and oxygen atoms in total. The molecule has 19 heavy (non-hydrogen) atoms. The van der Waals surface area contributed by atoms with Crippen LogP contribution in [0.25, 0.3) is 9.40 Å². The Balaban J connectivity index is 2.09. The van der Waals surface area contributed by atoms with E-state index in [4.69, 9.17) is 23.2 Å². The molecule has 3 rings (SSSR count). The van der Waals surface area contributed by atoms with Gasteiger partial charge in [-0.05, 0) is 48.3 Å². The topological polar surface area (TPSA) is 12.0 Å². The van der Waals surface area contributed by atoms with Crippen molar-refractivity contribution in [1.29, 1.82) is 0 Å². The predicted molar refractivity (Wildman–Crippen MR) is 87.1 cm³/mol. The SMILES string of the molecule is CNC(c1cc2sccc2s1)c1cc(Cl)ccc1Cl. The van der Waals surface area contributed by atoms with Gasteiger partial charge >= 0.3 is 0 Å². The van der Waals surface area contributed by atoms with E-state index in [0.29, 0.717) is 5.02 Å². The molecule has 0 aliphatic carbocycles. The number of halogens is 2. The molecule has 0 radical (unpaired) electrons. The second kappa shape index (κ2) is 5.43. The van der Waals surface area contributed by atoms with Crippen molar-refractivity contribution in [3.8, 4) is 0 Å². The summed E-state index contributed by atoms with van der Waals surface area (Å²) in [5.74, 6) is 0. The summed E-state index contributed by atoms with van der Waals surface area (Å²) < 4.78 is 2.64. The van der Waals surface area contributed by atoms with Gasteiger partial charge in [0.05, 0.1) is 6.04 Å². The van der Waals surface area contributed by atoms with E-state index >= 15 is 0 Å². The van der Waals surface area contributed by atoms with Crippen molar-refractivity contribution < 1.29 is 0 Å². The largest absolute Gasteiger partial charge is 0.309 e. The summed E-state index contributed by atoms with van der Waals surface area (Å²) in [6.45, 7) is 0. The molecule has 0 saturated heterocycles. The Morgan fingerprint density at radius 1 is 1.11 bits per heavy atom. The maximum absolute atomic E-state index is 6.30. The summed E-state index contributed by atoms with van der Waals surface area (Å²) in [6.07, 6.45) is 0. The molecule has 1 N–H and O–H groups in total. The maximum Gasteiger partial charge on any atom is 0.0684 e. The third-order valence-corrected chi connectivity index (χ3v) is 5.74. The number of nitrogens with one attached hydrogen (secondary N) is 1. The average molecular weight is 328 g/mol. The van der Waals surface area contributed by atoms with Crippen molar-refractivity contribution in [2.45, 2.75) is 6.04 Å². The molecule has 0 fully saturated rings. The van der Waals surface area contributed by atoms with E-state index in [9.17, 15) is 0 Å². The van der Waals surface area contributed by atoms with Crippen LogP contribution in [0.3, 0.4) is 0 Å². The highest BCUT2D eigenvalue weighted by atomic mass is 35.5. The predicted octanol–water partition coefficient (Wildman–Crippen LogP) is 5.58. The van der Waals surface area contributed by atoms with E-state index in [2.05, 4.69) is 22.8 Å². The minimum absolute atomic E-state index is 0.0794. The van der Waals surface area contributed by atoms with Crippen molar-refractivity contribution in [3.05, 3.63) is 56.2 Å². The molecule has 2 heterocycles. The average Bonchev–Trinajstić information content (AvgIpc) is 2.95. The Bertz CT molecular complexity index is 689. The van der Waals surface area contributed by atoms with Gasteiger partial charge in [0.1, 0.15) is 0 Å². The lowest BCUT2D eigenvalue weighted by Crippen LogP contribution is -2.16. The van der Waals surface area contributed by atoms with E-state index in [1.54, 1.807) is 22.7 Å². The number of fused-ring (bicyclic) bond motifs is 1. The number of benzene rings is 1. The minimum atomic E-state index is 0.0794. The van der Waals surface area contributed by atoms with Gasteiger partial charge in [-0.1, -0.05) is 23.2 Å². The van der Waals surface area contributed by atoms with Crippen molar-refractivity contribution in [1.82, 2.24) is 5.32 Å². The number of hydrogen-bond donors (Lipinski definition) is 1. The molecular weight excluding hydrogens is 317 g/mol. The van der Waals surface area contributed by atoms with E-state index in [0.717, 1.165) is 10.6 Å². The van der Waals surface area contributed by atoms with Gasteiger partial charge < -0.3 is 5.32 Å². The van der Waals surface area contributed by atoms with Gasteiger partial charge in [-0.3, -0.25) is 0 Å². The number of rotatable bonds is 3. The highest BCUT2D eigenvalue weighted by Crippen LogP contribution is 2.38. The fourth-order valence-corrected chi connectivity index (χ4v) is 4.77. The van der Waals surface area contributed by atoms with Crippen LogP contribution >= 0.6 is 45.9 Å². The van der Waals surface area contributed by atoms with Gasteiger partial charge in [-0.2, -0.15) is 0 Å². The van der Waals surface area contributed by atoms with Gasteiger partial charge in [0, 0.05) is 24.3 Å². The normalized spacial score (nSPS) is 13.0. The van der Waals surface area contributed by atoms with Gasteiger partial charge in [-0.15, -0.1) is 22.7 Å². The first-order valence-electron chi connectivity index (χ1n) is 5.78. The van der Waals surface area contributed by atoms with Gasteiger partial charge in [-0.25, -0.2) is 0 Å². The van der Waals surface area contributed by atoms with Crippen LogP contribution in [-0.4, -0.2) is 7.05 Å². The second-order valence-corrected chi connectivity index (χ2v) is 7.09.